The SMILES string of the molecule is CCC(CCO)NC(=O)c1ncoc1C1CCCO1. The number of aliphatic hydroxyl groups is 1. The number of nitrogens with one attached hydrogen (secondary N) is 1. The Hall–Kier alpha value is -1.40. The molecular weight excluding hydrogens is 248 g/mol. The Morgan fingerprint density at radius 1 is 1.68 bits per heavy atom. The molecule has 0 radical (unpaired) electrons. The first kappa shape index (κ1) is 14.0. The zero-order valence-corrected chi connectivity index (χ0v) is 11.1. The number of carbonyl (C=O) groups is 1. The minimum absolute atomic E-state index is 0.0495. The number of hydrogen-bond donors (Lipinski definition) is 2. The van der Waals surface area contributed by atoms with Crippen LogP contribution in [-0.2, 0) is 4.74 Å². The molecule has 1 amide bonds. The van der Waals surface area contributed by atoms with Crippen LogP contribution in [0.2, 0.25) is 0 Å². The van der Waals surface area contributed by atoms with Gasteiger partial charge in [0.05, 0.1) is 0 Å². The summed E-state index contributed by atoms with van der Waals surface area (Å²) >= 11 is 0. The highest BCUT2D eigenvalue weighted by Gasteiger charge is 2.28. The number of aliphatic hydroxyl groups excluding tert-OH is 1. The van der Waals surface area contributed by atoms with Crippen molar-refractivity contribution < 1.29 is 19.1 Å². The quantitative estimate of drug-likeness (QED) is 0.815. The second kappa shape index (κ2) is 6.68. The summed E-state index contributed by atoms with van der Waals surface area (Å²) in [7, 11) is 0. The van der Waals surface area contributed by atoms with Crippen molar-refractivity contribution >= 4 is 5.91 Å². The maximum atomic E-state index is 12.2. The van der Waals surface area contributed by atoms with Crippen molar-refractivity contribution in [1.29, 1.82) is 0 Å². The summed E-state index contributed by atoms with van der Waals surface area (Å²) in [6.45, 7) is 2.70. The van der Waals surface area contributed by atoms with Gasteiger partial charge in [0.1, 0.15) is 6.10 Å². The van der Waals surface area contributed by atoms with E-state index >= 15 is 0 Å². The third-order valence-electron chi connectivity index (χ3n) is 3.34. The van der Waals surface area contributed by atoms with Crippen LogP contribution in [0.3, 0.4) is 0 Å². The topological polar surface area (TPSA) is 84.6 Å². The van der Waals surface area contributed by atoms with Crippen LogP contribution in [0.5, 0.6) is 0 Å². The van der Waals surface area contributed by atoms with Gasteiger partial charge < -0.3 is 19.6 Å². The lowest BCUT2D eigenvalue weighted by atomic mass is 10.1. The molecular formula is C13H20N2O4. The Labute approximate surface area is 112 Å². The van der Waals surface area contributed by atoms with E-state index in [0.717, 1.165) is 19.3 Å². The molecule has 6 nitrogen and oxygen atoms in total. The van der Waals surface area contributed by atoms with Gasteiger partial charge in [-0.1, -0.05) is 6.92 Å². The Morgan fingerprint density at radius 3 is 3.16 bits per heavy atom. The number of nitrogens with zero attached hydrogens (tertiary/aromatic N) is 1. The lowest BCUT2D eigenvalue weighted by Crippen LogP contribution is -2.35. The van der Waals surface area contributed by atoms with Crippen molar-refractivity contribution in [3.63, 3.8) is 0 Å². The third kappa shape index (κ3) is 3.33. The van der Waals surface area contributed by atoms with Crippen molar-refractivity contribution in [2.45, 2.75) is 44.8 Å². The Bertz CT molecular complexity index is 413. The van der Waals surface area contributed by atoms with Gasteiger partial charge in [0.25, 0.3) is 5.91 Å². The van der Waals surface area contributed by atoms with Crippen molar-refractivity contribution in [2.75, 3.05) is 13.2 Å². The molecule has 1 fully saturated rings. The van der Waals surface area contributed by atoms with Crippen molar-refractivity contribution in [3.8, 4) is 0 Å². The van der Waals surface area contributed by atoms with E-state index in [4.69, 9.17) is 14.3 Å². The van der Waals surface area contributed by atoms with E-state index in [1.807, 2.05) is 6.92 Å². The molecule has 2 heterocycles. The van der Waals surface area contributed by atoms with Gasteiger partial charge in [-0.05, 0) is 25.7 Å². The van der Waals surface area contributed by atoms with Crippen molar-refractivity contribution in [2.24, 2.45) is 0 Å². The number of aromatic nitrogens is 1. The van der Waals surface area contributed by atoms with Crippen LogP contribution in [-0.4, -0.2) is 35.3 Å². The smallest absolute Gasteiger partial charge is 0.273 e. The molecule has 1 aromatic heterocycles. The largest absolute Gasteiger partial charge is 0.445 e. The first-order valence-corrected chi connectivity index (χ1v) is 6.73. The molecule has 106 valence electrons. The van der Waals surface area contributed by atoms with Gasteiger partial charge in [0.2, 0.25) is 0 Å². The normalized spacial score (nSPS) is 20.4. The summed E-state index contributed by atoms with van der Waals surface area (Å²) in [5, 5.41) is 11.8. The molecule has 0 aliphatic carbocycles. The molecule has 0 saturated carbocycles. The van der Waals surface area contributed by atoms with E-state index < -0.39 is 0 Å². The van der Waals surface area contributed by atoms with Gasteiger partial charge in [-0.25, -0.2) is 4.98 Å². The van der Waals surface area contributed by atoms with Crippen LogP contribution < -0.4 is 5.32 Å². The van der Waals surface area contributed by atoms with Crippen LogP contribution >= 0.6 is 0 Å². The lowest BCUT2D eigenvalue weighted by molar-refractivity contribution is 0.0848. The van der Waals surface area contributed by atoms with E-state index in [0.29, 0.717) is 24.5 Å². The van der Waals surface area contributed by atoms with Gasteiger partial charge in [-0.3, -0.25) is 4.79 Å². The number of hydrogen-bond acceptors (Lipinski definition) is 5. The highest BCUT2D eigenvalue weighted by molar-refractivity contribution is 5.93. The highest BCUT2D eigenvalue weighted by atomic mass is 16.5. The predicted molar refractivity (Wildman–Crippen MR) is 67.7 cm³/mol. The van der Waals surface area contributed by atoms with Crippen LogP contribution in [0, 0.1) is 0 Å². The van der Waals surface area contributed by atoms with Gasteiger partial charge in [-0.2, -0.15) is 0 Å². The Morgan fingerprint density at radius 2 is 2.53 bits per heavy atom. The van der Waals surface area contributed by atoms with Gasteiger partial charge >= 0.3 is 0 Å². The third-order valence-corrected chi connectivity index (χ3v) is 3.34. The maximum absolute atomic E-state index is 12.2. The predicted octanol–water partition coefficient (Wildman–Crippen LogP) is 1.42. The second-order valence-electron chi connectivity index (χ2n) is 4.66. The van der Waals surface area contributed by atoms with E-state index in [2.05, 4.69) is 10.3 Å². The minimum Gasteiger partial charge on any atom is -0.445 e. The Kier molecular flexibility index (Phi) is 4.93. The molecule has 0 aromatic carbocycles. The van der Waals surface area contributed by atoms with Crippen molar-refractivity contribution in [3.05, 3.63) is 17.8 Å². The molecule has 2 atom stereocenters. The average Bonchev–Trinajstić information content (AvgIpc) is 3.07. The fourth-order valence-electron chi connectivity index (χ4n) is 2.23. The van der Waals surface area contributed by atoms with Crippen molar-refractivity contribution in [1.82, 2.24) is 10.3 Å². The summed E-state index contributed by atoms with van der Waals surface area (Å²) in [5.74, 6) is 0.244. The fourth-order valence-corrected chi connectivity index (χ4v) is 2.23. The summed E-state index contributed by atoms with van der Waals surface area (Å²) in [6.07, 6.45) is 4.23. The molecule has 1 aliphatic rings. The second-order valence-corrected chi connectivity index (χ2v) is 4.66. The molecule has 1 saturated heterocycles. The summed E-state index contributed by atoms with van der Waals surface area (Å²) < 4.78 is 10.8. The van der Waals surface area contributed by atoms with Gasteiger partial charge in [0, 0.05) is 19.3 Å². The van der Waals surface area contributed by atoms with Crippen LogP contribution in [0.15, 0.2) is 10.8 Å². The molecule has 0 bridgehead atoms. The zero-order chi connectivity index (χ0) is 13.7. The first-order chi connectivity index (χ1) is 9.26. The zero-order valence-electron chi connectivity index (χ0n) is 11.1. The Balaban J connectivity index is 2.04. The van der Waals surface area contributed by atoms with Crippen LogP contribution in [0.25, 0.3) is 0 Å². The number of amides is 1. The number of rotatable bonds is 6. The fraction of sp³-hybridized carbons (Fsp3) is 0.692. The number of ether oxygens (including phenoxy) is 1. The number of oxazole rings is 1. The van der Waals surface area contributed by atoms with E-state index in [-0.39, 0.29) is 24.7 Å². The van der Waals surface area contributed by atoms with Crippen LogP contribution in [0.4, 0.5) is 0 Å². The van der Waals surface area contributed by atoms with E-state index in [1.54, 1.807) is 0 Å². The standard InChI is InChI=1S/C13H20N2O4/c1-2-9(5-6-16)15-13(17)11-12(19-8-14-11)10-4-3-7-18-10/h8-10,16H,2-7H2,1H3,(H,15,17). The summed E-state index contributed by atoms with van der Waals surface area (Å²) in [5.41, 5.74) is 0.295. The minimum atomic E-state index is -0.264. The molecule has 6 heteroatoms. The molecule has 1 aliphatic heterocycles. The average molecular weight is 268 g/mol. The van der Waals surface area contributed by atoms with Gasteiger partial charge in [0.15, 0.2) is 17.8 Å². The number of carbonyl (C=O) groups excluding carboxylic acids is 1. The molecule has 2 N–H and O–H groups in total. The molecule has 0 spiro atoms. The maximum Gasteiger partial charge on any atom is 0.273 e. The first-order valence-electron chi connectivity index (χ1n) is 6.73. The highest BCUT2D eigenvalue weighted by Crippen LogP contribution is 2.30. The lowest BCUT2D eigenvalue weighted by Gasteiger charge is -2.15. The van der Waals surface area contributed by atoms with Gasteiger partial charge in [-0.15, -0.1) is 0 Å². The molecule has 2 rings (SSSR count). The molecule has 2 unspecified atom stereocenters. The molecule has 19 heavy (non-hydrogen) atoms. The summed E-state index contributed by atoms with van der Waals surface area (Å²) in [6, 6.07) is -0.0495. The van der Waals surface area contributed by atoms with Crippen LogP contribution in [0.1, 0.15) is 55.0 Å². The molecule has 1 aromatic rings. The van der Waals surface area contributed by atoms with E-state index in [9.17, 15) is 4.79 Å². The summed E-state index contributed by atoms with van der Waals surface area (Å²) in [4.78, 5) is 16.1. The monoisotopic (exact) mass is 268 g/mol. The van der Waals surface area contributed by atoms with E-state index in [1.165, 1.54) is 6.39 Å².